The minimum atomic E-state index is -0.867. The van der Waals surface area contributed by atoms with Gasteiger partial charge in [-0.3, -0.25) is 9.69 Å². The minimum Gasteiger partial charge on any atom is -0.508 e. The average molecular weight is 582 g/mol. The van der Waals surface area contributed by atoms with Gasteiger partial charge in [0, 0.05) is 55.2 Å². The predicted molar refractivity (Wildman–Crippen MR) is 156 cm³/mol. The molecule has 2 saturated heterocycles. The Bertz CT molecular complexity index is 1500. The third-order valence-corrected chi connectivity index (χ3v) is 8.96. The number of nitrogens with zero attached hydrogens (tertiary/aromatic N) is 4. The molecule has 2 fully saturated rings. The molecule has 3 N–H and O–H groups in total. The Morgan fingerprint density at radius 3 is 2.93 bits per heavy atom. The predicted octanol–water partition coefficient (Wildman–Crippen LogP) is 4.83. The first-order valence-corrected chi connectivity index (χ1v) is 14.8. The lowest BCUT2D eigenvalue weighted by molar-refractivity contribution is -0.137. The number of aliphatic carboxylic acids is 1. The lowest BCUT2D eigenvalue weighted by atomic mass is 9.95. The van der Waals surface area contributed by atoms with Crippen LogP contribution in [0.4, 0.5) is 20.3 Å². The summed E-state index contributed by atoms with van der Waals surface area (Å²) in [5.41, 5.74) is 2.66. The zero-order valence-electron chi connectivity index (χ0n) is 23.8. The Balaban J connectivity index is 1.32. The van der Waals surface area contributed by atoms with Gasteiger partial charge < -0.3 is 25.2 Å². The second-order valence-electron chi connectivity index (χ2n) is 11.7. The van der Waals surface area contributed by atoms with E-state index in [0.29, 0.717) is 69.9 Å². The largest absolute Gasteiger partial charge is 0.508 e. The summed E-state index contributed by atoms with van der Waals surface area (Å²) < 4.78 is 35.4. The molecular weight excluding hydrogens is 544 g/mol. The van der Waals surface area contributed by atoms with Gasteiger partial charge in [0.2, 0.25) is 0 Å². The number of aromatic nitrogens is 2. The van der Waals surface area contributed by atoms with E-state index in [-0.39, 0.29) is 29.5 Å². The number of halogens is 2. The first-order chi connectivity index (χ1) is 20.3. The molecule has 0 saturated carbocycles. The van der Waals surface area contributed by atoms with Gasteiger partial charge in [0.05, 0.1) is 17.8 Å². The van der Waals surface area contributed by atoms with Crippen molar-refractivity contribution in [2.75, 3.05) is 43.0 Å². The van der Waals surface area contributed by atoms with E-state index in [2.05, 4.69) is 20.1 Å². The number of rotatable bonds is 10. The maximum atomic E-state index is 14.8. The molecule has 2 atom stereocenters. The second kappa shape index (κ2) is 11.5. The summed E-state index contributed by atoms with van der Waals surface area (Å²) in [7, 11) is 0. The first kappa shape index (κ1) is 28.4. The van der Waals surface area contributed by atoms with Gasteiger partial charge in [-0.15, -0.1) is 0 Å². The SMILES string of the molecule is CCc1c(F)ccc2cc(O)cc(N3CCc4c(nc(OC[C@@]56CCCN5C[C@H](F)C6)nc4NCCCC(=O)O)C3)c12. The van der Waals surface area contributed by atoms with Crippen LogP contribution in [0.3, 0.4) is 0 Å². The highest BCUT2D eigenvalue weighted by atomic mass is 19.1. The van der Waals surface area contributed by atoms with Crippen LogP contribution in [0.2, 0.25) is 0 Å². The molecule has 0 radical (unpaired) electrons. The van der Waals surface area contributed by atoms with Crippen LogP contribution < -0.4 is 15.0 Å². The number of aryl methyl sites for hydroxylation is 1. The molecule has 1 aromatic heterocycles. The zero-order chi connectivity index (χ0) is 29.4. The Morgan fingerprint density at radius 1 is 1.26 bits per heavy atom. The van der Waals surface area contributed by atoms with Gasteiger partial charge in [0.15, 0.2) is 0 Å². The van der Waals surface area contributed by atoms with Gasteiger partial charge in [0.1, 0.15) is 30.2 Å². The van der Waals surface area contributed by atoms with Crippen molar-refractivity contribution in [3.63, 3.8) is 0 Å². The first-order valence-electron chi connectivity index (χ1n) is 14.8. The van der Waals surface area contributed by atoms with Crippen molar-refractivity contribution in [3.05, 3.63) is 46.9 Å². The van der Waals surface area contributed by atoms with E-state index < -0.39 is 12.1 Å². The number of anilines is 2. The van der Waals surface area contributed by atoms with E-state index in [1.807, 2.05) is 6.92 Å². The maximum absolute atomic E-state index is 14.8. The number of carboxylic acid groups (broad SMARTS) is 1. The summed E-state index contributed by atoms with van der Waals surface area (Å²) in [6, 6.07) is 6.65. The average Bonchev–Trinajstić information content (AvgIpc) is 3.49. The van der Waals surface area contributed by atoms with Gasteiger partial charge >= 0.3 is 12.0 Å². The number of fused-ring (bicyclic) bond motifs is 3. The molecular formula is C31H37F2N5O4. The standard InChI is InChI=1S/C31H37F2N5O4/c1-2-22-24(33)7-6-19-13-21(39)14-26(28(19)22)37-12-8-23-25(17-37)35-30(36-29(23)34-10-3-5-27(40)41)42-18-31-9-4-11-38(31)16-20(32)15-31/h6-7,13-14,20,39H,2-5,8-12,15-18H2,1H3,(H,40,41)(H,34,35,36)/t20-,31+/m1/s1. The van der Waals surface area contributed by atoms with E-state index in [1.165, 1.54) is 6.07 Å². The highest BCUT2D eigenvalue weighted by molar-refractivity contribution is 5.98. The highest BCUT2D eigenvalue weighted by Gasteiger charge is 2.49. The van der Waals surface area contributed by atoms with Crippen LogP contribution in [0.5, 0.6) is 11.8 Å². The van der Waals surface area contributed by atoms with E-state index in [1.54, 1.807) is 18.2 Å². The normalized spacial score (nSPS) is 21.9. The Kier molecular flexibility index (Phi) is 7.78. The number of phenols is 1. The molecule has 0 spiro atoms. The van der Waals surface area contributed by atoms with E-state index in [0.717, 1.165) is 47.1 Å². The molecule has 224 valence electrons. The van der Waals surface area contributed by atoms with Crippen LogP contribution in [-0.2, 0) is 24.2 Å². The quantitative estimate of drug-likeness (QED) is 0.290. The van der Waals surface area contributed by atoms with Crippen molar-refractivity contribution in [1.29, 1.82) is 0 Å². The number of carbonyl (C=O) groups is 1. The smallest absolute Gasteiger partial charge is 0.318 e. The number of benzene rings is 2. The molecule has 3 aliphatic heterocycles. The van der Waals surface area contributed by atoms with Gasteiger partial charge in [0.25, 0.3) is 0 Å². The molecule has 0 bridgehead atoms. The molecule has 0 unspecified atom stereocenters. The van der Waals surface area contributed by atoms with E-state index in [9.17, 15) is 18.7 Å². The van der Waals surface area contributed by atoms with E-state index in [4.69, 9.17) is 14.8 Å². The van der Waals surface area contributed by atoms with Crippen molar-refractivity contribution in [2.24, 2.45) is 0 Å². The number of ether oxygens (including phenoxy) is 1. The molecule has 42 heavy (non-hydrogen) atoms. The van der Waals surface area contributed by atoms with Crippen LogP contribution in [0, 0.1) is 5.82 Å². The van der Waals surface area contributed by atoms with Gasteiger partial charge in [-0.2, -0.15) is 9.97 Å². The van der Waals surface area contributed by atoms with Gasteiger partial charge in [-0.05, 0) is 61.7 Å². The van der Waals surface area contributed by atoms with Crippen molar-refractivity contribution < 1.29 is 28.5 Å². The molecule has 9 nitrogen and oxygen atoms in total. The lowest BCUT2D eigenvalue weighted by Crippen LogP contribution is -2.43. The fraction of sp³-hybridized carbons (Fsp3) is 0.516. The minimum absolute atomic E-state index is 0.0427. The van der Waals surface area contributed by atoms with Crippen molar-refractivity contribution in [1.82, 2.24) is 14.9 Å². The zero-order valence-corrected chi connectivity index (χ0v) is 23.8. The number of alkyl halides is 1. The van der Waals surface area contributed by atoms with Crippen molar-refractivity contribution in [2.45, 2.75) is 70.1 Å². The van der Waals surface area contributed by atoms with Crippen molar-refractivity contribution >= 4 is 28.2 Å². The summed E-state index contributed by atoms with van der Waals surface area (Å²) in [4.78, 5) is 24.8. The van der Waals surface area contributed by atoms with Gasteiger partial charge in [-0.1, -0.05) is 13.0 Å². The maximum Gasteiger partial charge on any atom is 0.318 e. The number of carboxylic acids is 1. The number of hydrogen-bond acceptors (Lipinski definition) is 8. The van der Waals surface area contributed by atoms with Crippen LogP contribution in [-0.4, -0.2) is 75.5 Å². The number of nitrogens with one attached hydrogen (secondary N) is 1. The third-order valence-electron chi connectivity index (χ3n) is 8.96. The topological polar surface area (TPSA) is 111 Å². The lowest BCUT2D eigenvalue weighted by Gasteiger charge is -2.33. The third kappa shape index (κ3) is 5.42. The molecule has 3 aliphatic rings. The number of phenolic OH excluding ortho intramolecular Hbond substituents is 1. The Morgan fingerprint density at radius 2 is 2.12 bits per heavy atom. The summed E-state index contributed by atoms with van der Waals surface area (Å²) in [5, 5.41) is 24.4. The van der Waals surface area contributed by atoms with Crippen molar-refractivity contribution in [3.8, 4) is 11.8 Å². The Labute approximate surface area is 243 Å². The fourth-order valence-corrected chi connectivity index (χ4v) is 6.99. The second-order valence-corrected chi connectivity index (χ2v) is 11.7. The van der Waals surface area contributed by atoms with Crippen LogP contribution in [0.1, 0.15) is 55.8 Å². The fourth-order valence-electron chi connectivity index (χ4n) is 6.99. The van der Waals surface area contributed by atoms with Crippen LogP contribution in [0.15, 0.2) is 24.3 Å². The monoisotopic (exact) mass is 581 g/mol. The summed E-state index contributed by atoms with van der Waals surface area (Å²) in [6.45, 7) is 4.91. The van der Waals surface area contributed by atoms with Crippen LogP contribution in [0.25, 0.3) is 10.8 Å². The highest BCUT2D eigenvalue weighted by Crippen LogP contribution is 2.41. The molecule has 11 heteroatoms. The molecule has 2 aromatic carbocycles. The molecule has 0 aliphatic carbocycles. The summed E-state index contributed by atoms with van der Waals surface area (Å²) in [5.74, 6) is -0.419. The summed E-state index contributed by atoms with van der Waals surface area (Å²) >= 11 is 0. The Hall–Kier alpha value is -3.73. The summed E-state index contributed by atoms with van der Waals surface area (Å²) in [6.07, 6.45) is 3.02. The molecule has 6 rings (SSSR count). The molecule has 3 aromatic rings. The number of aromatic hydroxyl groups is 1. The number of hydrogen-bond donors (Lipinski definition) is 3. The molecule has 0 amide bonds. The molecule has 4 heterocycles. The van der Waals surface area contributed by atoms with Crippen LogP contribution >= 0.6 is 0 Å². The van der Waals surface area contributed by atoms with E-state index >= 15 is 0 Å². The van der Waals surface area contributed by atoms with Gasteiger partial charge in [-0.25, -0.2) is 8.78 Å².